The van der Waals surface area contributed by atoms with Crippen LogP contribution in [0.25, 0.3) is 0 Å². The van der Waals surface area contributed by atoms with Crippen LogP contribution in [-0.2, 0) is 0 Å². The Labute approximate surface area is 84.0 Å². The molecule has 0 saturated carbocycles. The lowest BCUT2D eigenvalue weighted by molar-refractivity contribution is 0.0693. The molecule has 0 unspecified atom stereocenters. The number of thiol groups is 1. The number of carboxylic acid groups (broad SMARTS) is 2. The molecule has 0 atom stereocenters. The van der Waals surface area contributed by atoms with Crippen molar-refractivity contribution in [3.8, 4) is 5.75 Å². The summed E-state index contributed by atoms with van der Waals surface area (Å²) in [4.78, 5) is 21.0. The van der Waals surface area contributed by atoms with Crippen molar-refractivity contribution in [3.05, 3.63) is 23.3 Å². The van der Waals surface area contributed by atoms with Crippen LogP contribution < -0.4 is 0 Å². The number of phenols is 1. The smallest absolute Gasteiger partial charge is 0.339 e. The van der Waals surface area contributed by atoms with Gasteiger partial charge in [0.1, 0.15) is 11.3 Å². The molecule has 0 aromatic heterocycles. The predicted octanol–water partition coefficient (Wildman–Crippen LogP) is 1.08. The Morgan fingerprint density at radius 1 is 1.14 bits per heavy atom. The zero-order valence-corrected chi connectivity index (χ0v) is 7.65. The number of carbonyl (C=O) groups is 2. The summed E-state index contributed by atoms with van der Waals surface area (Å²) in [5, 5.41) is 26.4. The van der Waals surface area contributed by atoms with Crippen molar-refractivity contribution in [1.82, 2.24) is 0 Å². The van der Waals surface area contributed by atoms with Gasteiger partial charge in [-0.15, -0.1) is 12.6 Å². The van der Waals surface area contributed by atoms with Crippen LogP contribution in [0.3, 0.4) is 0 Å². The first kappa shape index (κ1) is 10.4. The highest BCUT2D eigenvalue weighted by Gasteiger charge is 2.16. The Bertz CT molecular complexity index is 412. The van der Waals surface area contributed by atoms with Crippen molar-refractivity contribution < 1.29 is 24.9 Å². The maximum absolute atomic E-state index is 10.6. The highest BCUT2D eigenvalue weighted by Crippen LogP contribution is 2.27. The number of aromatic hydroxyl groups is 1. The van der Waals surface area contributed by atoms with Crippen molar-refractivity contribution in [2.75, 3.05) is 0 Å². The van der Waals surface area contributed by atoms with E-state index in [9.17, 15) is 14.7 Å². The lowest BCUT2D eigenvalue weighted by Crippen LogP contribution is -2.03. The van der Waals surface area contributed by atoms with Crippen LogP contribution >= 0.6 is 12.6 Å². The van der Waals surface area contributed by atoms with Gasteiger partial charge in [-0.25, -0.2) is 9.59 Å². The molecular weight excluding hydrogens is 208 g/mol. The van der Waals surface area contributed by atoms with Gasteiger partial charge in [-0.1, -0.05) is 0 Å². The van der Waals surface area contributed by atoms with Gasteiger partial charge in [0, 0.05) is 4.90 Å². The van der Waals surface area contributed by atoms with E-state index in [1.165, 1.54) is 0 Å². The second kappa shape index (κ2) is 3.59. The summed E-state index contributed by atoms with van der Waals surface area (Å²) >= 11 is 3.75. The van der Waals surface area contributed by atoms with Crippen LogP contribution in [0.4, 0.5) is 0 Å². The summed E-state index contributed by atoms with van der Waals surface area (Å²) in [6.45, 7) is 0. The normalized spacial score (nSPS) is 9.79. The minimum absolute atomic E-state index is 0.0812. The minimum atomic E-state index is -1.40. The van der Waals surface area contributed by atoms with Crippen LogP contribution in [0.15, 0.2) is 17.0 Å². The van der Waals surface area contributed by atoms with Gasteiger partial charge < -0.3 is 15.3 Å². The first-order valence-corrected chi connectivity index (χ1v) is 3.90. The van der Waals surface area contributed by atoms with Crippen LogP contribution in [0, 0.1) is 0 Å². The molecule has 0 radical (unpaired) electrons. The standard InChI is InChI=1S/C8H6O5S/c9-6-4(8(12)13)1-3(7(10)11)2-5(6)14/h1-2,9,14H,(H,10,11)(H,12,13). The Hall–Kier alpha value is -1.69. The SMILES string of the molecule is O=C(O)c1cc(S)c(O)c(C(=O)O)c1. The quantitative estimate of drug-likeness (QED) is 0.552. The third-order valence-corrected chi connectivity index (χ3v) is 1.91. The zero-order valence-electron chi connectivity index (χ0n) is 6.76. The van der Waals surface area contributed by atoms with Gasteiger partial charge in [0.15, 0.2) is 0 Å². The van der Waals surface area contributed by atoms with Crippen molar-refractivity contribution in [2.24, 2.45) is 0 Å². The first-order valence-electron chi connectivity index (χ1n) is 3.46. The largest absolute Gasteiger partial charge is 0.506 e. The number of benzene rings is 1. The second-order valence-corrected chi connectivity index (χ2v) is 2.98. The van der Waals surface area contributed by atoms with Crippen molar-refractivity contribution in [1.29, 1.82) is 0 Å². The number of hydrogen-bond donors (Lipinski definition) is 4. The number of rotatable bonds is 2. The molecule has 0 fully saturated rings. The molecule has 0 bridgehead atoms. The van der Waals surface area contributed by atoms with E-state index < -0.39 is 23.3 Å². The molecule has 0 saturated heterocycles. The molecule has 0 aliphatic heterocycles. The molecule has 0 spiro atoms. The van der Waals surface area contributed by atoms with Crippen LogP contribution in [0.5, 0.6) is 5.75 Å². The highest BCUT2D eigenvalue weighted by molar-refractivity contribution is 7.80. The van der Waals surface area contributed by atoms with Gasteiger partial charge in [-0.3, -0.25) is 0 Å². The molecule has 3 N–H and O–H groups in total. The fraction of sp³-hybridized carbons (Fsp3) is 0. The maximum Gasteiger partial charge on any atom is 0.339 e. The molecule has 0 amide bonds. The van der Waals surface area contributed by atoms with E-state index in [1.54, 1.807) is 0 Å². The summed E-state index contributed by atoms with van der Waals surface area (Å²) in [7, 11) is 0. The summed E-state index contributed by atoms with van der Waals surface area (Å²) < 4.78 is 0. The van der Waals surface area contributed by atoms with Gasteiger partial charge in [-0.05, 0) is 12.1 Å². The van der Waals surface area contributed by atoms with Gasteiger partial charge >= 0.3 is 11.9 Å². The van der Waals surface area contributed by atoms with Crippen molar-refractivity contribution in [2.45, 2.75) is 4.90 Å². The summed E-state index contributed by atoms with van der Waals surface area (Å²) in [5.41, 5.74) is -0.708. The highest BCUT2D eigenvalue weighted by atomic mass is 32.1. The summed E-state index contributed by atoms with van der Waals surface area (Å²) in [6, 6.07) is 1.95. The fourth-order valence-electron chi connectivity index (χ4n) is 0.906. The lowest BCUT2D eigenvalue weighted by atomic mass is 10.1. The maximum atomic E-state index is 10.6. The Kier molecular flexibility index (Phi) is 2.66. The Morgan fingerprint density at radius 3 is 2.14 bits per heavy atom. The molecule has 14 heavy (non-hydrogen) atoms. The lowest BCUT2D eigenvalue weighted by Gasteiger charge is -2.04. The number of hydrogen-bond acceptors (Lipinski definition) is 4. The second-order valence-electron chi connectivity index (χ2n) is 2.50. The van der Waals surface area contributed by atoms with E-state index >= 15 is 0 Å². The monoisotopic (exact) mass is 214 g/mol. The minimum Gasteiger partial charge on any atom is -0.506 e. The molecular formula is C8H6O5S. The fourth-order valence-corrected chi connectivity index (χ4v) is 1.17. The van der Waals surface area contributed by atoms with Gasteiger partial charge in [0.25, 0.3) is 0 Å². The van der Waals surface area contributed by atoms with E-state index in [2.05, 4.69) is 12.6 Å². The van der Waals surface area contributed by atoms with E-state index in [0.29, 0.717) is 0 Å². The Morgan fingerprint density at radius 2 is 1.71 bits per heavy atom. The van der Waals surface area contributed by atoms with E-state index in [0.717, 1.165) is 12.1 Å². The first-order chi connectivity index (χ1) is 6.43. The van der Waals surface area contributed by atoms with Crippen LogP contribution in [-0.4, -0.2) is 27.3 Å². The number of aromatic carboxylic acids is 2. The molecule has 6 heteroatoms. The third-order valence-electron chi connectivity index (χ3n) is 1.57. The Balaban J connectivity index is 3.43. The third kappa shape index (κ3) is 1.80. The molecule has 74 valence electrons. The molecule has 0 aliphatic carbocycles. The van der Waals surface area contributed by atoms with Crippen molar-refractivity contribution in [3.63, 3.8) is 0 Å². The molecule has 1 rings (SSSR count). The van der Waals surface area contributed by atoms with Crippen molar-refractivity contribution >= 4 is 24.6 Å². The van der Waals surface area contributed by atoms with Gasteiger partial charge in [-0.2, -0.15) is 0 Å². The van der Waals surface area contributed by atoms with Gasteiger partial charge in [0.05, 0.1) is 5.56 Å². The summed E-state index contributed by atoms with van der Waals surface area (Å²) in [5.74, 6) is -3.21. The predicted molar refractivity (Wildman–Crippen MR) is 49.3 cm³/mol. The average Bonchev–Trinajstić information content (AvgIpc) is 2.08. The van der Waals surface area contributed by atoms with E-state index in [4.69, 9.17) is 10.2 Å². The van der Waals surface area contributed by atoms with E-state index in [1.807, 2.05) is 0 Å². The molecule has 5 nitrogen and oxygen atoms in total. The topological polar surface area (TPSA) is 94.8 Å². The van der Waals surface area contributed by atoms with Crippen LogP contribution in [0.1, 0.15) is 20.7 Å². The molecule has 0 aliphatic rings. The average molecular weight is 214 g/mol. The summed E-state index contributed by atoms with van der Waals surface area (Å²) in [6.07, 6.45) is 0. The molecule has 1 aromatic carbocycles. The van der Waals surface area contributed by atoms with Crippen LogP contribution in [0.2, 0.25) is 0 Å². The molecule has 1 aromatic rings. The number of carboxylic acids is 2. The van der Waals surface area contributed by atoms with Gasteiger partial charge in [0.2, 0.25) is 0 Å². The molecule has 0 heterocycles. The zero-order chi connectivity index (χ0) is 10.9. The van der Waals surface area contributed by atoms with E-state index in [-0.39, 0.29) is 10.5 Å².